The summed E-state index contributed by atoms with van der Waals surface area (Å²) in [6.07, 6.45) is 1.34. The Hall–Kier alpha value is -1.59. The zero-order valence-electron chi connectivity index (χ0n) is 14.4. The smallest absolute Gasteiger partial charge is 0.224 e. The third-order valence-electron chi connectivity index (χ3n) is 4.26. The zero-order valence-corrected chi connectivity index (χ0v) is 14.4. The normalized spacial score (nSPS) is 16.8. The second-order valence-corrected chi connectivity index (χ2v) is 6.07. The van der Waals surface area contributed by atoms with Crippen LogP contribution in [-0.2, 0) is 16.0 Å². The quantitative estimate of drug-likeness (QED) is 0.832. The van der Waals surface area contributed by atoms with Gasteiger partial charge in [0.2, 0.25) is 5.91 Å². The van der Waals surface area contributed by atoms with Crippen LogP contribution < -0.4 is 10.1 Å². The molecule has 23 heavy (non-hydrogen) atoms. The highest BCUT2D eigenvalue weighted by atomic mass is 16.5. The molecule has 0 spiro atoms. The largest absolute Gasteiger partial charge is 0.496 e. The zero-order chi connectivity index (χ0) is 16.7. The van der Waals surface area contributed by atoms with Gasteiger partial charge in [-0.2, -0.15) is 0 Å². The van der Waals surface area contributed by atoms with E-state index in [0.29, 0.717) is 6.42 Å². The molecule has 0 aromatic heterocycles. The van der Waals surface area contributed by atoms with Crippen LogP contribution in [0.2, 0.25) is 0 Å². The fraction of sp³-hybridized carbons (Fsp3) is 0.611. The monoisotopic (exact) mass is 320 g/mol. The van der Waals surface area contributed by atoms with E-state index in [-0.39, 0.29) is 11.9 Å². The number of nitrogens with one attached hydrogen (secondary N) is 1. The molecule has 0 bridgehead atoms. The number of rotatable bonds is 7. The van der Waals surface area contributed by atoms with E-state index < -0.39 is 0 Å². The number of morpholine rings is 1. The Bertz CT molecular complexity index is 513. The highest BCUT2D eigenvalue weighted by Gasteiger charge is 2.17. The molecular weight excluding hydrogens is 292 g/mol. The Balaban J connectivity index is 1.85. The lowest BCUT2D eigenvalue weighted by atomic mass is 10.1. The number of carbonyl (C=O) groups is 1. The number of hydrogen-bond donors (Lipinski definition) is 1. The predicted molar refractivity (Wildman–Crippen MR) is 90.9 cm³/mol. The molecule has 1 fully saturated rings. The fourth-order valence-electron chi connectivity index (χ4n) is 2.89. The molecule has 1 aliphatic heterocycles. The van der Waals surface area contributed by atoms with Crippen LogP contribution in [0.15, 0.2) is 18.2 Å². The molecule has 1 unspecified atom stereocenters. The van der Waals surface area contributed by atoms with E-state index >= 15 is 0 Å². The summed E-state index contributed by atoms with van der Waals surface area (Å²) in [6.45, 7) is 8.47. The Labute approximate surface area is 139 Å². The third-order valence-corrected chi connectivity index (χ3v) is 4.26. The number of ether oxygens (including phenoxy) is 2. The van der Waals surface area contributed by atoms with Gasteiger partial charge >= 0.3 is 0 Å². The third kappa shape index (κ3) is 5.52. The number of hydrogen-bond acceptors (Lipinski definition) is 4. The minimum absolute atomic E-state index is 0.0784. The molecule has 0 saturated carbocycles. The van der Waals surface area contributed by atoms with Gasteiger partial charge in [-0.1, -0.05) is 19.1 Å². The molecule has 1 atom stereocenters. The molecule has 128 valence electrons. The maximum atomic E-state index is 12.3. The van der Waals surface area contributed by atoms with Gasteiger partial charge in [0.05, 0.1) is 26.7 Å². The molecule has 1 amide bonds. The summed E-state index contributed by atoms with van der Waals surface area (Å²) >= 11 is 0. The van der Waals surface area contributed by atoms with Crippen LogP contribution in [0.3, 0.4) is 0 Å². The van der Waals surface area contributed by atoms with E-state index in [1.165, 1.54) is 0 Å². The number of aryl methyl sites for hydroxylation is 1. The van der Waals surface area contributed by atoms with E-state index in [1.54, 1.807) is 7.11 Å². The molecular formula is C18H28N2O3. The summed E-state index contributed by atoms with van der Waals surface area (Å²) < 4.78 is 10.6. The Morgan fingerprint density at radius 3 is 2.74 bits per heavy atom. The first-order valence-corrected chi connectivity index (χ1v) is 8.35. The maximum Gasteiger partial charge on any atom is 0.224 e. The number of carbonyl (C=O) groups excluding carboxylic acids is 1. The van der Waals surface area contributed by atoms with E-state index in [9.17, 15) is 4.79 Å². The summed E-state index contributed by atoms with van der Waals surface area (Å²) in [7, 11) is 1.66. The van der Waals surface area contributed by atoms with Gasteiger partial charge in [-0.3, -0.25) is 9.69 Å². The standard InChI is InChI=1S/C18H28N2O3/c1-4-16(13-20-7-9-23-10-8-20)19-18(21)12-15-5-6-17(22-3)14(2)11-15/h5-6,11,16H,4,7-10,12-13H2,1-3H3,(H,19,21). The van der Waals surface area contributed by atoms with Crippen LogP contribution in [0.25, 0.3) is 0 Å². The summed E-state index contributed by atoms with van der Waals surface area (Å²) in [5.74, 6) is 0.933. The molecule has 1 heterocycles. The summed E-state index contributed by atoms with van der Waals surface area (Å²) in [6, 6.07) is 6.08. The molecule has 1 N–H and O–H groups in total. The van der Waals surface area contributed by atoms with Gasteiger partial charge in [0, 0.05) is 25.7 Å². The lowest BCUT2D eigenvalue weighted by Gasteiger charge is -2.30. The molecule has 5 heteroatoms. The number of methoxy groups -OCH3 is 1. The van der Waals surface area contributed by atoms with Gasteiger partial charge in [-0.15, -0.1) is 0 Å². The van der Waals surface area contributed by atoms with Crippen molar-refractivity contribution in [2.75, 3.05) is 40.0 Å². The number of amides is 1. The van der Waals surface area contributed by atoms with Crippen molar-refractivity contribution < 1.29 is 14.3 Å². The first-order valence-electron chi connectivity index (χ1n) is 8.35. The Morgan fingerprint density at radius 1 is 1.39 bits per heavy atom. The molecule has 5 nitrogen and oxygen atoms in total. The second kappa shape index (κ2) is 8.89. The molecule has 2 rings (SSSR count). The average Bonchev–Trinajstić information content (AvgIpc) is 2.55. The minimum atomic E-state index is 0.0784. The van der Waals surface area contributed by atoms with Crippen LogP contribution in [0.1, 0.15) is 24.5 Å². The van der Waals surface area contributed by atoms with Crippen molar-refractivity contribution in [2.24, 2.45) is 0 Å². The summed E-state index contributed by atoms with van der Waals surface area (Å²) in [4.78, 5) is 14.7. The molecule has 1 aliphatic rings. The lowest BCUT2D eigenvalue weighted by molar-refractivity contribution is -0.121. The average molecular weight is 320 g/mol. The predicted octanol–water partition coefficient (Wildman–Crippen LogP) is 1.77. The first-order chi connectivity index (χ1) is 11.1. The highest BCUT2D eigenvalue weighted by molar-refractivity contribution is 5.79. The van der Waals surface area contributed by atoms with Crippen LogP contribution in [0, 0.1) is 6.92 Å². The second-order valence-electron chi connectivity index (χ2n) is 6.07. The lowest BCUT2D eigenvalue weighted by Crippen LogP contribution is -2.47. The van der Waals surface area contributed by atoms with Crippen molar-refractivity contribution in [1.82, 2.24) is 10.2 Å². The van der Waals surface area contributed by atoms with Crippen LogP contribution in [0.5, 0.6) is 5.75 Å². The van der Waals surface area contributed by atoms with Crippen molar-refractivity contribution in [3.63, 3.8) is 0 Å². The number of benzene rings is 1. The van der Waals surface area contributed by atoms with Gasteiger partial charge in [-0.25, -0.2) is 0 Å². The molecule has 0 radical (unpaired) electrons. The van der Waals surface area contributed by atoms with Crippen LogP contribution in [-0.4, -0.2) is 56.8 Å². The van der Waals surface area contributed by atoms with E-state index in [2.05, 4.69) is 17.1 Å². The van der Waals surface area contributed by atoms with Gasteiger partial charge < -0.3 is 14.8 Å². The molecule has 0 aliphatic carbocycles. The number of nitrogens with zero attached hydrogens (tertiary/aromatic N) is 1. The topological polar surface area (TPSA) is 50.8 Å². The molecule has 1 aromatic rings. The molecule has 1 aromatic carbocycles. The van der Waals surface area contributed by atoms with Crippen molar-refractivity contribution in [3.05, 3.63) is 29.3 Å². The van der Waals surface area contributed by atoms with Crippen molar-refractivity contribution in [1.29, 1.82) is 0 Å². The van der Waals surface area contributed by atoms with Gasteiger partial charge in [0.25, 0.3) is 0 Å². The van der Waals surface area contributed by atoms with Gasteiger partial charge in [0.15, 0.2) is 0 Å². The van der Waals surface area contributed by atoms with E-state index in [0.717, 1.165) is 56.1 Å². The minimum Gasteiger partial charge on any atom is -0.496 e. The highest BCUT2D eigenvalue weighted by Crippen LogP contribution is 2.18. The summed E-state index contributed by atoms with van der Waals surface area (Å²) in [5, 5.41) is 3.16. The van der Waals surface area contributed by atoms with Crippen LogP contribution in [0.4, 0.5) is 0 Å². The van der Waals surface area contributed by atoms with Crippen LogP contribution >= 0.6 is 0 Å². The maximum absolute atomic E-state index is 12.3. The van der Waals surface area contributed by atoms with Crippen molar-refractivity contribution in [3.8, 4) is 5.75 Å². The van der Waals surface area contributed by atoms with E-state index in [4.69, 9.17) is 9.47 Å². The van der Waals surface area contributed by atoms with Gasteiger partial charge in [0.1, 0.15) is 5.75 Å². The van der Waals surface area contributed by atoms with Gasteiger partial charge in [-0.05, 0) is 30.5 Å². The van der Waals surface area contributed by atoms with E-state index in [1.807, 2.05) is 25.1 Å². The Kier molecular flexibility index (Phi) is 6.86. The van der Waals surface area contributed by atoms with Crippen molar-refractivity contribution >= 4 is 5.91 Å². The van der Waals surface area contributed by atoms with Crippen molar-refractivity contribution in [2.45, 2.75) is 32.7 Å². The molecule has 1 saturated heterocycles. The fourth-order valence-corrected chi connectivity index (χ4v) is 2.89. The SMILES string of the molecule is CCC(CN1CCOCC1)NC(=O)Cc1ccc(OC)c(C)c1. The summed E-state index contributed by atoms with van der Waals surface area (Å²) in [5.41, 5.74) is 2.07. The Morgan fingerprint density at radius 2 is 2.13 bits per heavy atom. The first kappa shape index (κ1) is 17.8.